The molecule has 0 saturated heterocycles. The Labute approximate surface area is 232 Å². The van der Waals surface area contributed by atoms with E-state index in [0.717, 1.165) is 33.6 Å². The standard InChI is InChI=1S/C28H26N4O2.2BrH/c1-21-5-3-15-31(17-21)19-27(33)29-25-11-7-23(8-12-25)24-9-13-26(14-10-24)30-28(34)20-32-16-4-6-22(2)18-32;;/h3-18H,19-20H2,1-2H3;2*1H. The zero-order valence-electron chi connectivity index (χ0n) is 20.1. The molecule has 186 valence electrons. The van der Waals surface area contributed by atoms with E-state index in [1.807, 2.05) is 121 Å². The Balaban J connectivity index is 0.00000228. The summed E-state index contributed by atoms with van der Waals surface area (Å²) in [6, 6.07) is 23.3. The molecular weight excluding hydrogens is 584 g/mol. The summed E-state index contributed by atoms with van der Waals surface area (Å²) in [5.41, 5.74) is 5.77. The van der Waals surface area contributed by atoms with Crippen molar-refractivity contribution in [3.8, 4) is 11.1 Å². The first-order chi connectivity index (χ1) is 16.4. The summed E-state index contributed by atoms with van der Waals surface area (Å²) >= 11 is 0. The van der Waals surface area contributed by atoms with Crippen LogP contribution >= 0.6 is 0 Å². The molecule has 6 nitrogen and oxygen atoms in total. The van der Waals surface area contributed by atoms with E-state index in [-0.39, 0.29) is 58.9 Å². The zero-order chi connectivity index (χ0) is 23.9. The molecule has 2 heterocycles. The number of rotatable bonds is 7. The van der Waals surface area contributed by atoms with Crippen LogP contribution in [0.3, 0.4) is 0 Å². The highest BCUT2D eigenvalue weighted by Crippen LogP contribution is 2.23. The monoisotopic (exact) mass is 610 g/mol. The van der Waals surface area contributed by atoms with E-state index in [9.17, 15) is 9.59 Å². The molecular formula is C28H28Br2N4O2. The number of anilines is 2. The molecule has 0 unspecified atom stereocenters. The second kappa shape index (κ2) is 13.7. The van der Waals surface area contributed by atoms with Crippen LogP contribution in [-0.2, 0) is 22.7 Å². The lowest BCUT2D eigenvalue weighted by atomic mass is 10.0. The average Bonchev–Trinajstić information content (AvgIpc) is 2.80. The van der Waals surface area contributed by atoms with E-state index in [0.29, 0.717) is 0 Å². The van der Waals surface area contributed by atoms with Gasteiger partial charge in [-0.2, -0.15) is 9.13 Å². The van der Waals surface area contributed by atoms with Gasteiger partial charge in [0.25, 0.3) is 11.8 Å². The number of carbonyl (C=O) groups excluding carboxylic acids is 2. The van der Waals surface area contributed by atoms with E-state index in [1.165, 1.54) is 0 Å². The third kappa shape index (κ3) is 8.39. The maximum Gasteiger partial charge on any atom is 0.290 e. The van der Waals surface area contributed by atoms with Gasteiger partial charge >= 0.3 is 0 Å². The molecule has 0 bridgehead atoms. The molecule has 2 aromatic heterocycles. The van der Waals surface area contributed by atoms with Gasteiger partial charge in [-0.05, 0) is 61.4 Å². The van der Waals surface area contributed by atoms with Gasteiger partial charge in [-0.15, -0.1) is 0 Å². The fourth-order valence-corrected chi connectivity index (χ4v) is 3.73. The molecule has 2 amide bonds. The minimum absolute atomic E-state index is 0. The van der Waals surface area contributed by atoms with Crippen molar-refractivity contribution in [2.75, 3.05) is 10.6 Å². The van der Waals surface area contributed by atoms with Crippen LogP contribution in [0.2, 0.25) is 0 Å². The highest BCUT2D eigenvalue weighted by Gasteiger charge is 2.11. The summed E-state index contributed by atoms with van der Waals surface area (Å²) in [4.78, 5) is 24.7. The topological polar surface area (TPSA) is 66.0 Å². The minimum Gasteiger partial charge on any atom is -1.00 e. The van der Waals surface area contributed by atoms with E-state index < -0.39 is 0 Å². The second-order valence-corrected chi connectivity index (χ2v) is 8.36. The maximum atomic E-state index is 12.3. The fraction of sp³-hybridized carbons (Fsp3) is 0.143. The summed E-state index contributed by atoms with van der Waals surface area (Å²) in [7, 11) is 0. The number of nitrogens with one attached hydrogen (secondary N) is 2. The number of hydrogen-bond donors (Lipinski definition) is 2. The third-order valence-electron chi connectivity index (χ3n) is 5.34. The normalized spacial score (nSPS) is 9.94. The number of pyridine rings is 2. The predicted octanol–water partition coefficient (Wildman–Crippen LogP) is -2.17. The Morgan fingerprint density at radius 1 is 0.611 bits per heavy atom. The van der Waals surface area contributed by atoms with E-state index in [1.54, 1.807) is 0 Å². The molecule has 0 fully saturated rings. The van der Waals surface area contributed by atoms with Crippen molar-refractivity contribution in [2.24, 2.45) is 0 Å². The molecule has 0 aliphatic carbocycles. The number of amides is 2. The first-order valence-corrected chi connectivity index (χ1v) is 11.2. The van der Waals surface area contributed by atoms with Gasteiger partial charge in [-0.3, -0.25) is 9.59 Å². The van der Waals surface area contributed by atoms with Crippen LogP contribution in [0.15, 0.2) is 97.6 Å². The highest BCUT2D eigenvalue weighted by atomic mass is 79.9. The lowest BCUT2D eigenvalue weighted by Crippen LogP contribution is -3.00. The third-order valence-corrected chi connectivity index (χ3v) is 5.34. The Morgan fingerprint density at radius 2 is 0.972 bits per heavy atom. The Bertz CT molecular complexity index is 1210. The van der Waals surface area contributed by atoms with Crippen molar-refractivity contribution in [3.63, 3.8) is 0 Å². The number of hydrogen-bond acceptors (Lipinski definition) is 2. The largest absolute Gasteiger partial charge is 1.00 e. The van der Waals surface area contributed by atoms with Crippen LogP contribution in [0.5, 0.6) is 0 Å². The van der Waals surface area contributed by atoms with E-state index >= 15 is 0 Å². The van der Waals surface area contributed by atoms with Crippen LogP contribution in [0, 0.1) is 13.8 Å². The first-order valence-electron chi connectivity index (χ1n) is 11.2. The van der Waals surface area contributed by atoms with E-state index in [4.69, 9.17) is 0 Å². The van der Waals surface area contributed by atoms with Crippen molar-refractivity contribution in [2.45, 2.75) is 26.9 Å². The van der Waals surface area contributed by atoms with E-state index in [2.05, 4.69) is 10.6 Å². The minimum atomic E-state index is -0.0766. The van der Waals surface area contributed by atoms with Crippen molar-refractivity contribution >= 4 is 23.2 Å². The average molecular weight is 612 g/mol. The molecule has 36 heavy (non-hydrogen) atoms. The summed E-state index contributed by atoms with van der Waals surface area (Å²) < 4.78 is 3.72. The molecule has 0 aliphatic rings. The molecule has 2 aromatic carbocycles. The second-order valence-electron chi connectivity index (χ2n) is 8.36. The molecule has 2 N–H and O–H groups in total. The smallest absolute Gasteiger partial charge is 0.290 e. The number of benzene rings is 2. The number of aromatic nitrogens is 2. The lowest BCUT2D eigenvalue weighted by molar-refractivity contribution is -0.684. The van der Waals surface area contributed by atoms with Crippen LogP contribution < -0.4 is 53.7 Å². The lowest BCUT2D eigenvalue weighted by Gasteiger charge is -2.08. The molecule has 0 spiro atoms. The Hall–Kier alpha value is -3.36. The molecule has 0 saturated carbocycles. The summed E-state index contributed by atoms with van der Waals surface area (Å²) in [6.45, 7) is 4.52. The predicted molar refractivity (Wildman–Crippen MR) is 132 cm³/mol. The Morgan fingerprint density at radius 3 is 1.31 bits per heavy atom. The summed E-state index contributed by atoms with van der Waals surface area (Å²) in [5, 5.41) is 5.87. The van der Waals surface area contributed by atoms with Gasteiger partial charge in [-0.25, -0.2) is 0 Å². The molecule has 8 heteroatoms. The first kappa shape index (κ1) is 28.9. The van der Waals surface area contributed by atoms with Gasteiger partial charge in [0.15, 0.2) is 24.8 Å². The Kier molecular flexibility index (Phi) is 11.0. The quantitative estimate of drug-likeness (QED) is 0.234. The van der Waals surface area contributed by atoms with Gasteiger partial charge < -0.3 is 44.6 Å². The number of carbonyl (C=O) groups is 2. The molecule has 0 radical (unpaired) electrons. The maximum absolute atomic E-state index is 12.3. The van der Waals surface area contributed by atoms with Gasteiger partial charge in [0.1, 0.15) is 0 Å². The fourth-order valence-electron chi connectivity index (χ4n) is 3.73. The molecule has 0 atom stereocenters. The SMILES string of the molecule is Cc1ccc[n+](CC(=O)Nc2ccc(-c3ccc(NC(=O)C[n+]4cccc(C)c4)cc3)cc2)c1.[Br-].[Br-]. The van der Waals surface area contributed by atoms with Crippen LogP contribution in [0.4, 0.5) is 11.4 Å². The van der Waals surface area contributed by atoms with Gasteiger partial charge in [0.2, 0.25) is 13.1 Å². The number of nitrogens with zero attached hydrogens (tertiary/aromatic N) is 2. The highest BCUT2D eigenvalue weighted by molar-refractivity contribution is 5.91. The molecule has 0 aliphatic heterocycles. The van der Waals surface area contributed by atoms with Gasteiger partial charge in [0.05, 0.1) is 0 Å². The molecule has 4 aromatic rings. The van der Waals surface area contributed by atoms with Crippen molar-refractivity contribution in [3.05, 3.63) is 109 Å². The van der Waals surface area contributed by atoms with Gasteiger partial charge in [-0.1, -0.05) is 24.3 Å². The summed E-state index contributed by atoms with van der Waals surface area (Å²) in [5.74, 6) is -0.153. The van der Waals surface area contributed by atoms with Crippen LogP contribution in [0.25, 0.3) is 11.1 Å². The zero-order valence-corrected chi connectivity index (χ0v) is 23.3. The number of halogens is 2. The molecule has 4 rings (SSSR count). The van der Waals surface area contributed by atoms with Crippen molar-refractivity contribution < 1.29 is 52.7 Å². The number of aryl methyl sites for hydroxylation is 2. The summed E-state index contributed by atoms with van der Waals surface area (Å²) in [6.07, 6.45) is 7.64. The van der Waals surface area contributed by atoms with Crippen LogP contribution in [0.1, 0.15) is 11.1 Å². The van der Waals surface area contributed by atoms with Gasteiger partial charge in [0, 0.05) is 34.6 Å². The van der Waals surface area contributed by atoms with Crippen molar-refractivity contribution in [1.82, 2.24) is 0 Å². The van der Waals surface area contributed by atoms with Crippen LogP contribution in [-0.4, -0.2) is 11.8 Å². The van der Waals surface area contributed by atoms with Crippen molar-refractivity contribution in [1.29, 1.82) is 0 Å².